The molecule has 0 amide bonds. The van der Waals surface area contributed by atoms with Crippen molar-refractivity contribution in [1.29, 1.82) is 0 Å². The molecule has 0 saturated carbocycles. The van der Waals surface area contributed by atoms with Crippen molar-refractivity contribution in [2.24, 2.45) is 0 Å². The number of rotatable bonds is 3. The van der Waals surface area contributed by atoms with E-state index in [1.54, 1.807) is 13.0 Å². The SMILES string of the molecule is CCc1cc(-n2cc(N)c(C(=O)OC)n2)nc(C)n1. The molecule has 7 nitrogen and oxygen atoms in total. The van der Waals surface area contributed by atoms with Crippen LogP contribution in [-0.4, -0.2) is 32.8 Å². The molecule has 0 bridgehead atoms. The van der Waals surface area contributed by atoms with Crippen LogP contribution in [0.15, 0.2) is 12.3 Å². The fourth-order valence-corrected chi connectivity index (χ4v) is 1.67. The quantitative estimate of drug-likeness (QED) is 0.825. The minimum atomic E-state index is -0.572. The maximum Gasteiger partial charge on any atom is 0.360 e. The second-order valence-electron chi connectivity index (χ2n) is 3.99. The normalized spacial score (nSPS) is 10.5. The summed E-state index contributed by atoms with van der Waals surface area (Å²) in [6.07, 6.45) is 2.32. The zero-order chi connectivity index (χ0) is 14.0. The van der Waals surface area contributed by atoms with Gasteiger partial charge >= 0.3 is 5.97 Å². The van der Waals surface area contributed by atoms with Crippen molar-refractivity contribution in [2.45, 2.75) is 20.3 Å². The van der Waals surface area contributed by atoms with Crippen molar-refractivity contribution in [3.05, 3.63) is 29.5 Å². The number of nitrogen functional groups attached to an aromatic ring is 1. The van der Waals surface area contributed by atoms with Crippen molar-refractivity contribution in [3.63, 3.8) is 0 Å². The summed E-state index contributed by atoms with van der Waals surface area (Å²) in [5.74, 6) is 0.645. The number of ether oxygens (including phenoxy) is 1. The highest BCUT2D eigenvalue weighted by atomic mass is 16.5. The first-order valence-electron chi connectivity index (χ1n) is 5.83. The Morgan fingerprint density at radius 1 is 1.47 bits per heavy atom. The summed E-state index contributed by atoms with van der Waals surface area (Å²) in [4.78, 5) is 20.0. The molecule has 7 heteroatoms. The van der Waals surface area contributed by atoms with Crippen LogP contribution < -0.4 is 5.73 Å². The van der Waals surface area contributed by atoms with Gasteiger partial charge in [0.2, 0.25) is 0 Å². The Kier molecular flexibility index (Phi) is 3.46. The van der Waals surface area contributed by atoms with Crippen molar-refractivity contribution < 1.29 is 9.53 Å². The molecule has 19 heavy (non-hydrogen) atoms. The molecule has 0 aliphatic heterocycles. The molecule has 0 aliphatic carbocycles. The Hall–Kier alpha value is -2.44. The van der Waals surface area contributed by atoms with Gasteiger partial charge in [-0.1, -0.05) is 6.92 Å². The van der Waals surface area contributed by atoms with Crippen molar-refractivity contribution in [3.8, 4) is 5.82 Å². The van der Waals surface area contributed by atoms with Gasteiger partial charge in [-0.2, -0.15) is 5.10 Å². The molecular formula is C12H15N5O2. The van der Waals surface area contributed by atoms with E-state index in [9.17, 15) is 4.79 Å². The lowest BCUT2D eigenvalue weighted by atomic mass is 10.3. The Balaban J connectivity index is 2.48. The summed E-state index contributed by atoms with van der Waals surface area (Å²) in [5, 5.41) is 4.09. The highest BCUT2D eigenvalue weighted by molar-refractivity contribution is 5.92. The summed E-state index contributed by atoms with van der Waals surface area (Å²) >= 11 is 0. The van der Waals surface area contributed by atoms with Gasteiger partial charge < -0.3 is 10.5 Å². The maximum atomic E-state index is 11.5. The highest BCUT2D eigenvalue weighted by Crippen LogP contribution is 2.14. The smallest absolute Gasteiger partial charge is 0.360 e. The van der Waals surface area contributed by atoms with Crippen LogP contribution in [0.4, 0.5) is 5.69 Å². The molecule has 0 aliphatic rings. The Morgan fingerprint density at radius 2 is 2.21 bits per heavy atom. The molecule has 2 N–H and O–H groups in total. The molecule has 0 unspecified atom stereocenters. The van der Waals surface area contributed by atoms with Gasteiger partial charge in [-0.25, -0.2) is 19.4 Å². The van der Waals surface area contributed by atoms with E-state index in [4.69, 9.17) is 5.73 Å². The van der Waals surface area contributed by atoms with E-state index in [0.717, 1.165) is 12.1 Å². The number of esters is 1. The zero-order valence-electron chi connectivity index (χ0n) is 11.0. The van der Waals surface area contributed by atoms with Crippen LogP contribution in [0, 0.1) is 6.92 Å². The highest BCUT2D eigenvalue weighted by Gasteiger charge is 2.16. The second-order valence-corrected chi connectivity index (χ2v) is 3.99. The Morgan fingerprint density at radius 3 is 2.84 bits per heavy atom. The van der Waals surface area contributed by atoms with E-state index < -0.39 is 5.97 Å². The number of aromatic nitrogens is 4. The van der Waals surface area contributed by atoms with Crippen LogP contribution in [0.5, 0.6) is 0 Å². The number of methoxy groups -OCH3 is 1. The lowest BCUT2D eigenvalue weighted by Gasteiger charge is -2.04. The van der Waals surface area contributed by atoms with Crippen LogP contribution in [0.3, 0.4) is 0 Å². The van der Waals surface area contributed by atoms with Gasteiger partial charge in [0.05, 0.1) is 19.0 Å². The Labute approximate surface area is 110 Å². The molecule has 2 aromatic rings. The summed E-state index contributed by atoms with van der Waals surface area (Å²) in [7, 11) is 1.28. The van der Waals surface area contributed by atoms with E-state index >= 15 is 0 Å². The maximum absolute atomic E-state index is 11.5. The number of hydrogen-bond donors (Lipinski definition) is 1. The van der Waals surface area contributed by atoms with Gasteiger partial charge in [-0.15, -0.1) is 0 Å². The van der Waals surface area contributed by atoms with E-state index in [0.29, 0.717) is 11.6 Å². The van der Waals surface area contributed by atoms with Crippen LogP contribution in [0.1, 0.15) is 28.9 Å². The van der Waals surface area contributed by atoms with Gasteiger partial charge in [-0.05, 0) is 13.3 Å². The molecule has 0 radical (unpaired) electrons. The van der Waals surface area contributed by atoms with Gasteiger partial charge in [0.1, 0.15) is 5.82 Å². The van der Waals surface area contributed by atoms with Gasteiger partial charge in [-0.3, -0.25) is 0 Å². The topological polar surface area (TPSA) is 95.9 Å². The van der Waals surface area contributed by atoms with Crippen LogP contribution >= 0.6 is 0 Å². The first-order chi connectivity index (χ1) is 9.05. The summed E-state index contributed by atoms with van der Waals surface area (Å²) in [6.45, 7) is 3.81. The number of hydrogen-bond acceptors (Lipinski definition) is 6. The average Bonchev–Trinajstić information content (AvgIpc) is 2.79. The standard InChI is InChI=1S/C12H15N5O2/c1-4-8-5-10(15-7(2)14-8)17-6-9(13)11(16-17)12(18)19-3/h5-6H,4,13H2,1-3H3. The van der Waals surface area contributed by atoms with Crippen LogP contribution in [0.25, 0.3) is 5.82 Å². The molecule has 0 fully saturated rings. The van der Waals surface area contributed by atoms with E-state index in [1.807, 2.05) is 6.92 Å². The molecular weight excluding hydrogens is 246 g/mol. The summed E-state index contributed by atoms with van der Waals surface area (Å²) in [5.41, 5.74) is 6.97. The zero-order valence-corrected chi connectivity index (χ0v) is 11.0. The van der Waals surface area contributed by atoms with Crippen molar-refractivity contribution >= 4 is 11.7 Å². The third-order valence-electron chi connectivity index (χ3n) is 2.60. The minimum Gasteiger partial charge on any atom is -0.464 e. The Bertz CT molecular complexity index is 621. The molecule has 2 rings (SSSR count). The van der Waals surface area contributed by atoms with Gasteiger partial charge in [0, 0.05) is 11.8 Å². The van der Waals surface area contributed by atoms with Crippen LogP contribution in [-0.2, 0) is 11.2 Å². The molecule has 0 spiro atoms. The lowest BCUT2D eigenvalue weighted by Crippen LogP contribution is -2.07. The molecule has 2 heterocycles. The number of anilines is 1. The largest absolute Gasteiger partial charge is 0.464 e. The number of aryl methyl sites for hydroxylation is 2. The third kappa shape index (κ3) is 2.54. The fourth-order valence-electron chi connectivity index (χ4n) is 1.67. The first-order valence-corrected chi connectivity index (χ1v) is 5.83. The van der Waals surface area contributed by atoms with E-state index in [2.05, 4.69) is 19.8 Å². The average molecular weight is 261 g/mol. The van der Waals surface area contributed by atoms with Crippen LogP contribution in [0.2, 0.25) is 0 Å². The number of carbonyl (C=O) groups is 1. The summed E-state index contributed by atoms with van der Waals surface area (Å²) in [6, 6.07) is 1.81. The monoisotopic (exact) mass is 261 g/mol. The third-order valence-corrected chi connectivity index (χ3v) is 2.60. The molecule has 0 atom stereocenters. The van der Waals surface area contributed by atoms with Crippen molar-refractivity contribution in [2.75, 3.05) is 12.8 Å². The van der Waals surface area contributed by atoms with Gasteiger partial charge in [0.15, 0.2) is 11.5 Å². The molecule has 0 saturated heterocycles. The number of nitrogens with zero attached hydrogens (tertiary/aromatic N) is 4. The van der Waals surface area contributed by atoms with E-state index in [-0.39, 0.29) is 11.4 Å². The molecule has 100 valence electrons. The predicted octanol–water partition coefficient (Wildman–Crippen LogP) is 0.902. The minimum absolute atomic E-state index is 0.0804. The van der Waals surface area contributed by atoms with Crippen molar-refractivity contribution in [1.82, 2.24) is 19.7 Å². The van der Waals surface area contributed by atoms with Gasteiger partial charge in [0.25, 0.3) is 0 Å². The predicted molar refractivity (Wildman–Crippen MR) is 69.0 cm³/mol. The first kappa shape index (κ1) is 13.0. The molecule has 0 aromatic carbocycles. The lowest BCUT2D eigenvalue weighted by molar-refractivity contribution is 0.0594. The number of nitrogens with two attached hydrogens (primary N) is 1. The fraction of sp³-hybridized carbons (Fsp3) is 0.333. The second kappa shape index (κ2) is 5.05. The summed E-state index contributed by atoms with van der Waals surface area (Å²) < 4.78 is 6.06. The molecule has 2 aromatic heterocycles. The van der Waals surface area contributed by atoms with E-state index in [1.165, 1.54) is 18.0 Å². The number of carbonyl (C=O) groups excluding carboxylic acids is 1.